The molecule has 1 aromatic carbocycles. The molecule has 1 rings (SSSR count). The fourth-order valence-corrected chi connectivity index (χ4v) is 3.26. The van der Waals surface area contributed by atoms with Crippen LogP contribution in [0.2, 0.25) is 0 Å². The average molecular weight is 315 g/mol. The zero-order valence-corrected chi connectivity index (χ0v) is 13.4. The predicted octanol–water partition coefficient (Wildman–Crippen LogP) is 2.07. The number of phenols is 1. The van der Waals surface area contributed by atoms with Gasteiger partial charge in [-0.2, -0.15) is 0 Å². The molecule has 0 saturated carbocycles. The quantitative estimate of drug-likeness (QED) is 0.838. The highest BCUT2D eigenvalue weighted by molar-refractivity contribution is 7.89. The lowest BCUT2D eigenvalue weighted by molar-refractivity contribution is 0.0693. The van der Waals surface area contributed by atoms with Crippen molar-refractivity contribution in [2.24, 2.45) is 5.92 Å². The van der Waals surface area contributed by atoms with Crippen molar-refractivity contribution in [3.05, 3.63) is 23.3 Å². The van der Waals surface area contributed by atoms with E-state index in [-0.39, 0.29) is 4.90 Å². The summed E-state index contributed by atoms with van der Waals surface area (Å²) in [6.07, 6.45) is 0.707. The van der Waals surface area contributed by atoms with Gasteiger partial charge in [0.25, 0.3) is 0 Å². The molecule has 0 aliphatic rings. The van der Waals surface area contributed by atoms with Crippen LogP contribution in [0, 0.1) is 12.8 Å². The molecule has 7 heteroatoms. The molecule has 0 fully saturated rings. The first-order valence-corrected chi connectivity index (χ1v) is 8.04. The minimum absolute atomic E-state index is 0.0936. The first-order chi connectivity index (χ1) is 9.57. The van der Waals surface area contributed by atoms with Crippen LogP contribution < -0.4 is 0 Å². The highest BCUT2D eigenvalue weighted by Gasteiger charge is 2.25. The second-order valence-corrected chi connectivity index (χ2v) is 7.46. The second kappa shape index (κ2) is 6.44. The maximum atomic E-state index is 12.5. The van der Waals surface area contributed by atoms with Gasteiger partial charge in [0.1, 0.15) is 11.3 Å². The zero-order valence-electron chi connectivity index (χ0n) is 12.6. The average Bonchev–Trinajstić information content (AvgIpc) is 2.34. The van der Waals surface area contributed by atoms with E-state index in [2.05, 4.69) is 0 Å². The van der Waals surface area contributed by atoms with Crippen LogP contribution in [0.3, 0.4) is 0 Å². The standard InChI is InChI=1S/C14H21NO5S/c1-9(2)5-6-15(4)21(19,20)13-8-11(14(17)18)12(16)7-10(13)3/h7-9,16H,5-6H2,1-4H3,(H,17,18). The van der Waals surface area contributed by atoms with Crippen molar-refractivity contribution in [1.29, 1.82) is 0 Å². The molecule has 0 heterocycles. The topological polar surface area (TPSA) is 94.9 Å². The van der Waals surface area contributed by atoms with Gasteiger partial charge in [0, 0.05) is 13.6 Å². The van der Waals surface area contributed by atoms with Crippen molar-refractivity contribution in [3.8, 4) is 5.75 Å². The number of nitrogens with zero attached hydrogens (tertiary/aromatic N) is 1. The van der Waals surface area contributed by atoms with E-state index in [0.717, 1.165) is 12.1 Å². The predicted molar refractivity (Wildman–Crippen MR) is 79.1 cm³/mol. The number of hydrogen-bond donors (Lipinski definition) is 2. The number of aryl methyl sites for hydroxylation is 1. The number of benzene rings is 1. The fraction of sp³-hybridized carbons (Fsp3) is 0.500. The molecule has 0 spiro atoms. The molecule has 118 valence electrons. The van der Waals surface area contributed by atoms with Gasteiger partial charge in [0.2, 0.25) is 10.0 Å². The number of sulfonamides is 1. The summed E-state index contributed by atoms with van der Waals surface area (Å²) in [5, 5.41) is 18.6. The van der Waals surface area contributed by atoms with Gasteiger partial charge in [0.15, 0.2) is 0 Å². The van der Waals surface area contributed by atoms with E-state index < -0.39 is 27.3 Å². The van der Waals surface area contributed by atoms with Crippen molar-refractivity contribution in [3.63, 3.8) is 0 Å². The fourth-order valence-electron chi connectivity index (χ4n) is 1.85. The molecule has 2 N–H and O–H groups in total. The first-order valence-electron chi connectivity index (χ1n) is 6.60. The third kappa shape index (κ3) is 3.95. The molecular weight excluding hydrogens is 294 g/mol. The number of hydrogen-bond acceptors (Lipinski definition) is 4. The Bertz CT molecular complexity index is 637. The van der Waals surface area contributed by atoms with Crippen LogP contribution in [0.4, 0.5) is 0 Å². The second-order valence-electron chi connectivity index (χ2n) is 5.45. The van der Waals surface area contributed by atoms with Crippen LogP contribution in [-0.2, 0) is 10.0 Å². The molecule has 0 unspecified atom stereocenters. The minimum Gasteiger partial charge on any atom is -0.507 e. The first kappa shape index (κ1) is 17.5. The highest BCUT2D eigenvalue weighted by atomic mass is 32.2. The van der Waals surface area contributed by atoms with Gasteiger partial charge in [-0.1, -0.05) is 13.8 Å². The minimum atomic E-state index is -3.78. The molecule has 0 atom stereocenters. The Morgan fingerprint density at radius 3 is 2.38 bits per heavy atom. The van der Waals surface area contributed by atoms with Gasteiger partial charge in [-0.05, 0) is 37.0 Å². The van der Waals surface area contributed by atoms with Crippen molar-refractivity contribution >= 4 is 16.0 Å². The van der Waals surface area contributed by atoms with Crippen LogP contribution >= 0.6 is 0 Å². The van der Waals surface area contributed by atoms with Crippen molar-refractivity contribution in [1.82, 2.24) is 4.31 Å². The number of rotatable bonds is 6. The van der Waals surface area contributed by atoms with E-state index in [1.165, 1.54) is 18.3 Å². The Kier molecular flexibility index (Phi) is 5.36. The van der Waals surface area contributed by atoms with Crippen molar-refractivity contribution in [2.75, 3.05) is 13.6 Å². The lowest BCUT2D eigenvalue weighted by Crippen LogP contribution is -2.29. The number of carboxylic acids is 1. The largest absolute Gasteiger partial charge is 0.507 e. The normalized spacial score (nSPS) is 12.1. The summed E-state index contributed by atoms with van der Waals surface area (Å²) in [5.41, 5.74) is -0.106. The smallest absolute Gasteiger partial charge is 0.339 e. The Morgan fingerprint density at radius 2 is 1.90 bits per heavy atom. The SMILES string of the molecule is Cc1cc(O)c(C(=O)O)cc1S(=O)(=O)N(C)CCC(C)C. The molecule has 6 nitrogen and oxygen atoms in total. The lowest BCUT2D eigenvalue weighted by Gasteiger charge is -2.20. The van der Waals surface area contributed by atoms with Gasteiger partial charge in [-0.15, -0.1) is 0 Å². The van der Waals surface area contributed by atoms with Gasteiger partial charge < -0.3 is 10.2 Å². The van der Waals surface area contributed by atoms with Crippen molar-refractivity contribution < 1.29 is 23.4 Å². The highest BCUT2D eigenvalue weighted by Crippen LogP contribution is 2.27. The Morgan fingerprint density at radius 1 is 1.33 bits per heavy atom. The summed E-state index contributed by atoms with van der Waals surface area (Å²) < 4.78 is 26.2. The van der Waals surface area contributed by atoms with E-state index >= 15 is 0 Å². The van der Waals surface area contributed by atoms with E-state index in [1.54, 1.807) is 0 Å². The third-order valence-electron chi connectivity index (χ3n) is 3.23. The maximum absolute atomic E-state index is 12.5. The molecule has 0 bridgehead atoms. The van der Waals surface area contributed by atoms with Crippen LogP contribution in [0.25, 0.3) is 0 Å². The number of aromatic hydroxyl groups is 1. The van der Waals surface area contributed by atoms with E-state index in [4.69, 9.17) is 5.11 Å². The summed E-state index contributed by atoms with van der Waals surface area (Å²) >= 11 is 0. The summed E-state index contributed by atoms with van der Waals surface area (Å²) in [6, 6.07) is 2.17. The summed E-state index contributed by atoms with van der Waals surface area (Å²) in [6.45, 7) is 5.86. The van der Waals surface area contributed by atoms with Gasteiger partial charge in [0.05, 0.1) is 4.90 Å². The Hall–Kier alpha value is -1.60. The maximum Gasteiger partial charge on any atom is 0.339 e. The molecular formula is C14H21NO5S. The van der Waals surface area contributed by atoms with Crippen LogP contribution in [0.15, 0.2) is 17.0 Å². The van der Waals surface area contributed by atoms with Crippen molar-refractivity contribution in [2.45, 2.75) is 32.1 Å². The lowest BCUT2D eigenvalue weighted by atomic mass is 10.1. The van der Waals surface area contributed by atoms with Gasteiger partial charge >= 0.3 is 5.97 Å². The number of carboxylic acid groups (broad SMARTS) is 1. The van der Waals surface area contributed by atoms with Gasteiger partial charge in [-0.25, -0.2) is 17.5 Å². The Labute approximate surface area is 125 Å². The molecule has 0 saturated heterocycles. The monoisotopic (exact) mass is 315 g/mol. The molecule has 0 aliphatic heterocycles. The molecule has 0 aliphatic carbocycles. The summed E-state index contributed by atoms with van der Waals surface area (Å²) in [7, 11) is -2.32. The number of carbonyl (C=O) groups is 1. The van der Waals surface area contributed by atoms with E-state index in [0.29, 0.717) is 24.4 Å². The molecule has 0 amide bonds. The molecule has 1 aromatic rings. The van der Waals surface area contributed by atoms with Crippen LogP contribution in [-0.4, -0.2) is 42.5 Å². The molecule has 0 aromatic heterocycles. The zero-order chi connectivity index (χ0) is 16.4. The van der Waals surface area contributed by atoms with Gasteiger partial charge in [-0.3, -0.25) is 0 Å². The number of aromatic carboxylic acids is 1. The van der Waals surface area contributed by atoms with E-state index in [9.17, 15) is 18.3 Å². The summed E-state index contributed by atoms with van der Waals surface area (Å²) in [5.74, 6) is -1.45. The molecule has 21 heavy (non-hydrogen) atoms. The van der Waals surface area contributed by atoms with E-state index in [1.807, 2.05) is 13.8 Å². The summed E-state index contributed by atoms with van der Waals surface area (Å²) in [4.78, 5) is 10.9. The third-order valence-corrected chi connectivity index (χ3v) is 5.23. The molecule has 0 radical (unpaired) electrons. The van der Waals surface area contributed by atoms with Crippen LogP contribution in [0.1, 0.15) is 36.2 Å². The van der Waals surface area contributed by atoms with Crippen LogP contribution in [0.5, 0.6) is 5.75 Å². The Balaban J connectivity index is 3.25.